The zero-order chi connectivity index (χ0) is 21.1. The van der Waals surface area contributed by atoms with Gasteiger partial charge in [-0.05, 0) is 13.3 Å². The zero-order valence-electron chi connectivity index (χ0n) is 14.5. The molecule has 0 rings (SSSR count). The van der Waals surface area contributed by atoms with Crippen LogP contribution < -0.4 is 21.7 Å². The van der Waals surface area contributed by atoms with Crippen LogP contribution >= 0.6 is 12.6 Å². The van der Waals surface area contributed by atoms with Crippen molar-refractivity contribution < 1.29 is 39.3 Å². The van der Waals surface area contributed by atoms with Gasteiger partial charge in [-0.1, -0.05) is 0 Å². The van der Waals surface area contributed by atoms with Crippen molar-refractivity contribution in [2.45, 2.75) is 43.9 Å². The Morgan fingerprint density at radius 3 is 1.96 bits per heavy atom. The number of nitrogens with two attached hydrogens (primary N) is 1. The van der Waals surface area contributed by atoms with E-state index in [0.29, 0.717) is 0 Å². The lowest BCUT2D eigenvalue weighted by atomic mass is 10.1. The molecule has 0 aromatic rings. The molecular formula is C14H24N4O8S. The van der Waals surface area contributed by atoms with Crippen LogP contribution in [0.15, 0.2) is 0 Å². The Labute approximate surface area is 160 Å². The molecule has 8 N–H and O–H groups in total. The highest BCUT2D eigenvalue weighted by atomic mass is 32.1. The molecule has 12 nitrogen and oxygen atoms in total. The minimum Gasteiger partial charge on any atom is -0.481 e. The zero-order valence-corrected chi connectivity index (χ0v) is 15.4. The third-order valence-corrected chi connectivity index (χ3v) is 3.73. The SMILES string of the molecule is CC(NC(=O)C(CS)NC(=O)C(N)CO)C(=O)NC(CCC(=O)O)C(=O)O. The van der Waals surface area contributed by atoms with E-state index in [2.05, 4.69) is 28.6 Å². The number of aliphatic hydroxyl groups excluding tert-OH is 1. The summed E-state index contributed by atoms with van der Waals surface area (Å²) in [7, 11) is 0. The molecule has 0 fully saturated rings. The van der Waals surface area contributed by atoms with Crippen LogP contribution in [0.1, 0.15) is 19.8 Å². The van der Waals surface area contributed by atoms with Gasteiger partial charge in [-0.25, -0.2) is 4.79 Å². The maximum atomic E-state index is 12.1. The summed E-state index contributed by atoms with van der Waals surface area (Å²) in [6.45, 7) is 0.651. The molecule has 0 aliphatic carbocycles. The van der Waals surface area contributed by atoms with Crippen LogP contribution in [0, 0.1) is 0 Å². The highest BCUT2D eigenvalue weighted by Crippen LogP contribution is 2.00. The molecule has 0 heterocycles. The molecular weight excluding hydrogens is 384 g/mol. The van der Waals surface area contributed by atoms with E-state index in [1.54, 1.807) is 0 Å². The number of thiol groups is 1. The van der Waals surface area contributed by atoms with Crippen molar-refractivity contribution in [3.63, 3.8) is 0 Å². The van der Waals surface area contributed by atoms with Gasteiger partial charge in [0.05, 0.1) is 6.61 Å². The number of carbonyl (C=O) groups is 5. The second-order valence-corrected chi connectivity index (χ2v) is 5.96. The van der Waals surface area contributed by atoms with E-state index in [0.717, 1.165) is 0 Å². The van der Waals surface area contributed by atoms with Crippen LogP contribution in [0.5, 0.6) is 0 Å². The minimum absolute atomic E-state index is 0.125. The highest BCUT2D eigenvalue weighted by Gasteiger charge is 2.27. The molecule has 0 spiro atoms. The van der Waals surface area contributed by atoms with E-state index in [4.69, 9.17) is 21.1 Å². The molecule has 13 heteroatoms. The van der Waals surface area contributed by atoms with Gasteiger partial charge in [0, 0.05) is 12.2 Å². The first-order valence-electron chi connectivity index (χ1n) is 7.86. The van der Waals surface area contributed by atoms with Crippen molar-refractivity contribution in [1.82, 2.24) is 16.0 Å². The number of aliphatic carboxylic acids is 2. The monoisotopic (exact) mass is 408 g/mol. The van der Waals surface area contributed by atoms with Crippen LogP contribution in [-0.4, -0.2) is 81.5 Å². The molecule has 0 radical (unpaired) electrons. The fourth-order valence-corrected chi connectivity index (χ4v) is 2.01. The molecule has 0 saturated heterocycles. The molecule has 0 bridgehead atoms. The summed E-state index contributed by atoms with van der Waals surface area (Å²) in [6.07, 6.45) is -0.789. The van der Waals surface area contributed by atoms with E-state index >= 15 is 0 Å². The van der Waals surface area contributed by atoms with Crippen LogP contribution in [-0.2, 0) is 24.0 Å². The van der Waals surface area contributed by atoms with Crippen molar-refractivity contribution in [2.75, 3.05) is 12.4 Å². The molecule has 0 aromatic heterocycles. The lowest BCUT2D eigenvalue weighted by Gasteiger charge is -2.22. The summed E-state index contributed by atoms with van der Waals surface area (Å²) in [4.78, 5) is 57.4. The van der Waals surface area contributed by atoms with Crippen molar-refractivity contribution in [2.24, 2.45) is 5.73 Å². The number of nitrogens with one attached hydrogen (secondary N) is 3. The van der Waals surface area contributed by atoms with Gasteiger partial charge < -0.3 is 37.0 Å². The first kappa shape index (κ1) is 24.6. The quantitative estimate of drug-likeness (QED) is 0.152. The number of carboxylic acid groups (broad SMARTS) is 2. The normalized spacial score (nSPS) is 15.0. The minimum atomic E-state index is -1.43. The number of aliphatic hydroxyl groups is 1. The fraction of sp³-hybridized carbons (Fsp3) is 0.643. The van der Waals surface area contributed by atoms with Crippen molar-refractivity contribution in [3.8, 4) is 0 Å². The molecule has 0 aliphatic rings. The number of amides is 3. The third-order valence-electron chi connectivity index (χ3n) is 3.36. The van der Waals surface area contributed by atoms with Gasteiger partial charge in [-0.15, -0.1) is 0 Å². The van der Waals surface area contributed by atoms with Gasteiger partial charge in [0.2, 0.25) is 17.7 Å². The maximum Gasteiger partial charge on any atom is 0.326 e. The summed E-state index contributed by atoms with van der Waals surface area (Å²) in [6, 6.07) is -4.98. The van der Waals surface area contributed by atoms with E-state index in [9.17, 15) is 24.0 Å². The van der Waals surface area contributed by atoms with Crippen molar-refractivity contribution in [3.05, 3.63) is 0 Å². The Balaban J connectivity index is 4.77. The van der Waals surface area contributed by atoms with Crippen LogP contribution in [0.25, 0.3) is 0 Å². The molecule has 0 aliphatic heterocycles. The number of carbonyl (C=O) groups excluding carboxylic acids is 3. The van der Waals surface area contributed by atoms with Gasteiger partial charge in [0.1, 0.15) is 24.2 Å². The second kappa shape index (κ2) is 12.1. The van der Waals surface area contributed by atoms with E-state index in [-0.39, 0.29) is 12.2 Å². The topological polar surface area (TPSA) is 208 Å². The van der Waals surface area contributed by atoms with Crippen LogP contribution in [0.3, 0.4) is 0 Å². The molecule has 4 atom stereocenters. The van der Waals surface area contributed by atoms with Crippen LogP contribution in [0.2, 0.25) is 0 Å². The molecule has 154 valence electrons. The number of rotatable bonds is 12. The van der Waals surface area contributed by atoms with Gasteiger partial charge in [0.25, 0.3) is 0 Å². The third kappa shape index (κ3) is 9.21. The summed E-state index contributed by atoms with van der Waals surface area (Å²) < 4.78 is 0. The smallest absolute Gasteiger partial charge is 0.326 e. The van der Waals surface area contributed by atoms with Gasteiger partial charge in [-0.2, -0.15) is 12.6 Å². The van der Waals surface area contributed by atoms with Gasteiger partial charge >= 0.3 is 11.9 Å². The Hall–Kier alpha value is -2.38. The summed E-state index contributed by atoms with van der Waals surface area (Å²) in [5, 5.41) is 33.1. The Kier molecular flexibility index (Phi) is 11.0. The van der Waals surface area contributed by atoms with Crippen LogP contribution in [0.4, 0.5) is 0 Å². The number of carboxylic acids is 2. The molecule has 27 heavy (non-hydrogen) atoms. The molecule has 0 saturated carbocycles. The Morgan fingerprint density at radius 1 is 0.963 bits per heavy atom. The number of hydrogen-bond donors (Lipinski definition) is 8. The van der Waals surface area contributed by atoms with E-state index < -0.39 is 66.9 Å². The molecule has 3 amide bonds. The van der Waals surface area contributed by atoms with E-state index in [1.807, 2.05) is 0 Å². The van der Waals surface area contributed by atoms with Gasteiger partial charge in [-0.3, -0.25) is 19.2 Å². The molecule has 4 unspecified atom stereocenters. The summed E-state index contributed by atoms with van der Waals surface area (Å²) in [5.41, 5.74) is 5.32. The molecule has 0 aromatic carbocycles. The Morgan fingerprint density at radius 2 is 1.52 bits per heavy atom. The lowest BCUT2D eigenvalue weighted by Crippen LogP contribution is -2.57. The fourth-order valence-electron chi connectivity index (χ4n) is 1.76. The Bertz CT molecular complexity index is 573. The predicted octanol–water partition coefficient (Wildman–Crippen LogP) is -3.34. The predicted molar refractivity (Wildman–Crippen MR) is 94.9 cm³/mol. The average Bonchev–Trinajstić information content (AvgIpc) is 2.60. The lowest BCUT2D eigenvalue weighted by molar-refractivity contribution is -0.143. The largest absolute Gasteiger partial charge is 0.481 e. The second-order valence-electron chi connectivity index (χ2n) is 5.59. The standard InChI is InChI=1S/C14H24N4O8S/c1-6(11(22)17-8(14(25)26)2-3-10(20)21)16-13(24)9(5-27)18-12(23)7(15)4-19/h6-9,19,27H,2-5,15H2,1H3,(H,16,24)(H,17,22)(H,18,23)(H,20,21)(H,25,26). The number of hydrogen-bond acceptors (Lipinski definition) is 8. The first-order chi connectivity index (χ1) is 12.5. The van der Waals surface area contributed by atoms with Crippen molar-refractivity contribution >= 4 is 42.3 Å². The summed E-state index contributed by atoms with van der Waals surface area (Å²) in [5.74, 6) is -5.17. The van der Waals surface area contributed by atoms with Crippen molar-refractivity contribution in [1.29, 1.82) is 0 Å². The maximum absolute atomic E-state index is 12.1. The summed E-state index contributed by atoms with van der Waals surface area (Å²) >= 11 is 3.92. The highest BCUT2D eigenvalue weighted by molar-refractivity contribution is 7.80. The first-order valence-corrected chi connectivity index (χ1v) is 8.49. The van der Waals surface area contributed by atoms with E-state index in [1.165, 1.54) is 6.92 Å². The van der Waals surface area contributed by atoms with Gasteiger partial charge in [0.15, 0.2) is 0 Å². The average molecular weight is 408 g/mol.